The molecule has 0 radical (unpaired) electrons. The molecule has 0 aromatic heterocycles. The summed E-state index contributed by atoms with van der Waals surface area (Å²) in [6.45, 7) is 9.04. The average molecular weight is 449 g/mol. The Kier molecular flexibility index (Phi) is 7.79. The van der Waals surface area contributed by atoms with Gasteiger partial charge in [0.1, 0.15) is 0 Å². The van der Waals surface area contributed by atoms with E-state index in [2.05, 4.69) is 48.5 Å². The smallest absolute Gasteiger partial charge is 0.357 e. The molecule has 1 fully saturated rings. The summed E-state index contributed by atoms with van der Waals surface area (Å²) < 4.78 is 61.8. The topological polar surface area (TPSA) is 73.8 Å². The van der Waals surface area contributed by atoms with Gasteiger partial charge in [0.2, 0.25) is 0 Å². The van der Waals surface area contributed by atoms with Gasteiger partial charge >= 0.3 is 15.5 Å². The molecule has 1 aromatic rings. The molecule has 30 heavy (non-hydrogen) atoms. The number of guanidine groups is 1. The molecule has 170 valence electrons. The summed E-state index contributed by atoms with van der Waals surface area (Å²) >= 11 is 0. The lowest BCUT2D eigenvalue weighted by Gasteiger charge is -2.33. The van der Waals surface area contributed by atoms with Gasteiger partial charge in [-0.2, -0.15) is 17.5 Å². The largest absolute Gasteiger partial charge is 0.511 e. The van der Waals surface area contributed by atoms with Gasteiger partial charge in [0.05, 0.1) is 6.54 Å². The van der Waals surface area contributed by atoms with E-state index >= 15 is 0 Å². The standard InChI is InChI=1S/C20H31F3N4O2S/c1-5-24-18(25-14-19(3,4)17-9-7-6-8-15(17)2)26-16-10-12-27(13-11-16)30(28,29)20(21,22)23/h6-9,16H,5,10-14H2,1-4H3,(H2,24,25,26). The van der Waals surface area contributed by atoms with Crippen molar-refractivity contribution in [1.82, 2.24) is 14.9 Å². The van der Waals surface area contributed by atoms with E-state index in [1.54, 1.807) is 0 Å². The highest BCUT2D eigenvalue weighted by molar-refractivity contribution is 7.90. The monoisotopic (exact) mass is 448 g/mol. The van der Waals surface area contributed by atoms with Gasteiger partial charge in [-0.1, -0.05) is 38.1 Å². The van der Waals surface area contributed by atoms with Gasteiger partial charge in [-0.15, -0.1) is 0 Å². The van der Waals surface area contributed by atoms with Crippen LogP contribution in [0.25, 0.3) is 0 Å². The van der Waals surface area contributed by atoms with E-state index in [4.69, 9.17) is 0 Å². The first kappa shape index (κ1) is 24.5. The number of aryl methyl sites for hydroxylation is 1. The third-order valence-corrected chi connectivity index (χ3v) is 6.91. The van der Waals surface area contributed by atoms with Crippen LogP contribution in [-0.4, -0.2) is 56.4 Å². The first-order valence-corrected chi connectivity index (χ1v) is 11.5. The molecule has 0 aliphatic carbocycles. The van der Waals surface area contributed by atoms with Gasteiger partial charge in [0.25, 0.3) is 0 Å². The maximum Gasteiger partial charge on any atom is 0.511 e. The summed E-state index contributed by atoms with van der Waals surface area (Å²) in [6, 6.07) is 7.99. The van der Waals surface area contributed by atoms with Crippen LogP contribution in [0, 0.1) is 6.92 Å². The maximum atomic E-state index is 12.7. The maximum absolute atomic E-state index is 12.7. The lowest BCUT2D eigenvalue weighted by Crippen LogP contribution is -2.51. The highest BCUT2D eigenvalue weighted by atomic mass is 32.2. The van der Waals surface area contributed by atoms with Gasteiger partial charge < -0.3 is 10.6 Å². The van der Waals surface area contributed by atoms with Crippen molar-refractivity contribution in [1.29, 1.82) is 0 Å². The molecule has 0 saturated carbocycles. The number of piperidine rings is 1. The third kappa shape index (κ3) is 5.87. The van der Waals surface area contributed by atoms with E-state index < -0.39 is 15.5 Å². The van der Waals surface area contributed by atoms with Crippen molar-refractivity contribution in [3.8, 4) is 0 Å². The molecule has 2 N–H and O–H groups in total. The number of hydrogen-bond donors (Lipinski definition) is 2. The van der Waals surface area contributed by atoms with Crippen molar-refractivity contribution in [2.45, 2.75) is 57.5 Å². The van der Waals surface area contributed by atoms with Crippen LogP contribution in [0.5, 0.6) is 0 Å². The quantitative estimate of drug-likeness (QED) is 0.518. The Bertz CT molecular complexity index is 846. The molecule has 6 nitrogen and oxygen atoms in total. The average Bonchev–Trinajstić information content (AvgIpc) is 2.66. The zero-order valence-corrected chi connectivity index (χ0v) is 18.7. The number of sulfonamides is 1. The second-order valence-electron chi connectivity index (χ2n) is 8.16. The zero-order chi connectivity index (χ0) is 22.6. The Hall–Kier alpha value is -1.81. The minimum Gasteiger partial charge on any atom is -0.357 e. The summed E-state index contributed by atoms with van der Waals surface area (Å²) in [4.78, 5) is 4.69. The van der Waals surface area contributed by atoms with Gasteiger partial charge in [0.15, 0.2) is 5.96 Å². The molecule has 1 saturated heterocycles. The van der Waals surface area contributed by atoms with E-state index in [0.29, 0.717) is 23.4 Å². The van der Waals surface area contributed by atoms with Gasteiger partial charge in [-0.25, -0.2) is 8.42 Å². The molecule has 0 spiro atoms. The first-order chi connectivity index (χ1) is 13.9. The molecule has 2 rings (SSSR count). The molecule has 0 unspecified atom stereocenters. The normalized spacial score (nSPS) is 17.8. The Balaban J connectivity index is 2.02. The predicted octanol–water partition coefficient (Wildman–Crippen LogP) is 3.14. The third-order valence-electron chi connectivity index (χ3n) is 5.28. The molecule has 0 amide bonds. The number of hydrogen-bond acceptors (Lipinski definition) is 3. The Morgan fingerprint density at radius 2 is 1.80 bits per heavy atom. The molecular formula is C20H31F3N4O2S. The van der Waals surface area contributed by atoms with Crippen LogP contribution in [0.1, 0.15) is 44.7 Å². The molecule has 10 heteroatoms. The van der Waals surface area contributed by atoms with Gasteiger partial charge in [-0.3, -0.25) is 4.99 Å². The van der Waals surface area contributed by atoms with Crippen LogP contribution in [0.3, 0.4) is 0 Å². The van der Waals surface area contributed by atoms with Crippen LogP contribution in [0.4, 0.5) is 13.2 Å². The summed E-state index contributed by atoms with van der Waals surface area (Å²) in [5, 5.41) is 6.40. The van der Waals surface area contributed by atoms with Gasteiger partial charge in [-0.05, 0) is 37.8 Å². The summed E-state index contributed by atoms with van der Waals surface area (Å²) in [5.41, 5.74) is -3.06. The molecule has 1 aliphatic heterocycles. The number of benzene rings is 1. The van der Waals surface area contributed by atoms with Crippen LogP contribution < -0.4 is 10.6 Å². The highest BCUT2D eigenvalue weighted by Crippen LogP contribution is 2.29. The number of rotatable bonds is 6. The van der Waals surface area contributed by atoms with Crippen molar-refractivity contribution < 1.29 is 21.6 Å². The van der Waals surface area contributed by atoms with Crippen LogP contribution in [-0.2, 0) is 15.4 Å². The minimum atomic E-state index is -5.27. The van der Waals surface area contributed by atoms with E-state index in [-0.39, 0.29) is 37.4 Å². The number of alkyl halides is 3. The predicted molar refractivity (Wildman–Crippen MR) is 113 cm³/mol. The molecule has 1 aliphatic rings. The summed E-state index contributed by atoms with van der Waals surface area (Å²) in [6.07, 6.45) is 0.557. The Morgan fingerprint density at radius 1 is 1.20 bits per heavy atom. The first-order valence-electron chi connectivity index (χ1n) is 10.1. The second kappa shape index (κ2) is 9.55. The fourth-order valence-corrected chi connectivity index (χ4v) is 4.58. The van der Waals surface area contributed by atoms with Crippen molar-refractivity contribution in [3.05, 3.63) is 35.4 Å². The Labute approximate surface area is 177 Å². The summed E-state index contributed by atoms with van der Waals surface area (Å²) in [5.74, 6) is 0.580. The number of nitrogens with zero attached hydrogens (tertiary/aromatic N) is 2. The van der Waals surface area contributed by atoms with Crippen molar-refractivity contribution >= 4 is 16.0 Å². The van der Waals surface area contributed by atoms with Crippen LogP contribution in [0.15, 0.2) is 29.3 Å². The van der Waals surface area contributed by atoms with E-state index in [1.165, 1.54) is 11.1 Å². The fourth-order valence-electron chi connectivity index (χ4n) is 3.59. The van der Waals surface area contributed by atoms with E-state index in [0.717, 1.165) is 0 Å². The van der Waals surface area contributed by atoms with Crippen LogP contribution in [0.2, 0.25) is 0 Å². The molecule has 1 heterocycles. The molecule has 0 bridgehead atoms. The van der Waals surface area contributed by atoms with Crippen molar-refractivity contribution in [3.63, 3.8) is 0 Å². The van der Waals surface area contributed by atoms with E-state index in [1.807, 2.05) is 19.1 Å². The minimum absolute atomic E-state index is 0.149. The second-order valence-corrected chi connectivity index (χ2v) is 10.1. The fraction of sp³-hybridized carbons (Fsp3) is 0.650. The highest BCUT2D eigenvalue weighted by Gasteiger charge is 2.50. The van der Waals surface area contributed by atoms with Gasteiger partial charge in [0, 0.05) is 31.1 Å². The number of nitrogens with one attached hydrogen (secondary N) is 2. The van der Waals surface area contributed by atoms with E-state index in [9.17, 15) is 21.6 Å². The molecular weight excluding hydrogens is 417 g/mol. The lowest BCUT2D eigenvalue weighted by molar-refractivity contribution is -0.0494. The Morgan fingerprint density at radius 3 is 2.33 bits per heavy atom. The van der Waals surface area contributed by atoms with Crippen molar-refractivity contribution in [2.24, 2.45) is 4.99 Å². The SMILES string of the molecule is CCNC(=NCC(C)(C)c1ccccc1C)NC1CCN(S(=O)(=O)C(F)(F)F)CC1. The summed E-state index contributed by atoms with van der Waals surface area (Å²) in [7, 11) is -5.27. The number of halogens is 3. The molecule has 0 atom stereocenters. The zero-order valence-electron chi connectivity index (χ0n) is 17.9. The van der Waals surface area contributed by atoms with Crippen LogP contribution >= 0.6 is 0 Å². The lowest BCUT2D eigenvalue weighted by atomic mass is 9.82. The molecule has 1 aromatic carbocycles. The van der Waals surface area contributed by atoms with Crippen molar-refractivity contribution in [2.75, 3.05) is 26.2 Å². The number of aliphatic imine (C=N–C) groups is 1.